The van der Waals surface area contributed by atoms with E-state index in [4.69, 9.17) is 9.73 Å². The van der Waals surface area contributed by atoms with Crippen LogP contribution in [0.15, 0.2) is 29.4 Å². The molecule has 0 aromatic heterocycles. The van der Waals surface area contributed by atoms with E-state index in [9.17, 15) is 4.57 Å². The van der Waals surface area contributed by atoms with Crippen LogP contribution in [0.25, 0.3) is 0 Å². The summed E-state index contributed by atoms with van der Waals surface area (Å²) in [5.41, 5.74) is 0.748. The summed E-state index contributed by atoms with van der Waals surface area (Å²) in [6, 6.07) is 6.88. The van der Waals surface area contributed by atoms with Crippen molar-refractivity contribution in [3.8, 4) is 0 Å². The maximum absolute atomic E-state index is 12.0. The first-order chi connectivity index (χ1) is 7.10. The third-order valence-corrected chi connectivity index (χ3v) is 3.93. The highest BCUT2D eigenvalue weighted by molar-refractivity contribution is 7.66. The Balaban J connectivity index is 2.93. The second-order valence-electron chi connectivity index (χ2n) is 3.10. The van der Waals surface area contributed by atoms with Gasteiger partial charge in [-0.2, -0.15) is 0 Å². The van der Waals surface area contributed by atoms with Gasteiger partial charge in [0.2, 0.25) is 7.37 Å². The lowest BCUT2D eigenvalue weighted by Crippen LogP contribution is -2.06. The molecule has 0 aliphatic carbocycles. The molecule has 0 amide bonds. The molecular formula is C10H14NO3P. The minimum atomic E-state index is -2.69. The minimum absolute atomic E-state index is 0.424. The topological polar surface area (TPSA) is 58.9 Å². The van der Waals surface area contributed by atoms with Crippen molar-refractivity contribution in [2.45, 2.75) is 6.92 Å². The van der Waals surface area contributed by atoms with Crippen LogP contribution in [-0.4, -0.2) is 24.7 Å². The monoisotopic (exact) mass is 227 g/mol. The average Bonchev–Trinajstić information content (AvgIpc) is 2.19. The molecule has 0 radical (unpaired) electrons. The van der Waals surface area contributed by atoms with Gasteiger partial charge in [0.1, 0.15) is 0 Å². The normalized spacial score (nSPS) is 15.3. The predicted molar refractivity (Wildman–Crippen MR) is 60.6 cm³/mol. The fraction of sp³-hybridized carbons (Fsp3) is 0.300. The van der Waals surface area contributed by atoms with Gasteiger partial charge in [-0.05, 0) is 24.6 Å². The highest BCUT2D eigenvalue weighted by atomic mass is 31.2. The van der Waals surface area contributed by atoms with Crippen LogP contribution in [0.3, 0.4) is 0 Å². The van der Waals surface area contributed by atoms with E-state index in [1.54, 1.807) is 30.9 Å². The zero-order valence-corrected chi connectivity index (χ0v) is 9.65. The first kappa shape index (κ1) is 12.0. The van der Waals surface area contributed by atoms with Gasteiger partial charge < -0.3 is 9.73 Å². The van der Waals surface area contributed by atoms with Crippen molar-refractivity contribution in [2.75, 3.05) is 13.3 Å². The van der Waals surface area contributed by atoms with Crippen LogP contribution in [0.2, 0.25) is 0 Å². The second-order valence-corrected chi connectivity index (χ2v) is 5.57. The number of oxime groups is 1. The fourth-order valence-corrected chi connectivity index (χ4v) is 2.55. The lowest BCUT2D eigenvalue weighted by Gasteiger charge is -2.12. The van der Waals surface area contributed by atoms with Crippen LogP contribution in [0.1, 0.15) is 12.5 Å². The fourth-order valence-electron chi connectivity index (χ4n) is 1.22. The largest absolute Gasteiger partial charge is 0.411 e. The van der Waals surface area contributed by atoms with E-state index < -0.39 is 7.37 Å². The van der Waals surface area contributed by atoms with Crippen molar-refractivity contribution >= 4 is 18.9 Å². The molecule has 0 saturated heterocycles. The number of benzene rings is 1. The zero-order valence-electron chi connectivity index (χ0n) is 8.75. The molecule has 1 aromatic carbocycles. The Labute approximate surface area is 89.0 Å². The van der Waals surface area contributed by atoms with E-state index in [-0.39, 0.29) is 0 Å². The summed E-state index contributed by atoms with van der Waals surface area (Å²) in [7, 11) is -2.69. The number of nitrogens with zero attached hydrogens (tertiary/aromatic N) is 1. The SMILES string of the molecule is CCOP(C)(=O)c1ccc(C=NO)cc1. The molecule has 15 heavy (non-hydrogen) atoms. The van der Waals surface area contributed by atoms with Crippen molar-refractivity contribution in [2.24, 2.45) is 5.16 Å². The first-order valence-corrected chi connectivity index (χ1v) is 6.67. The summed E-state index contributed by atoms with van der Waals surface area (Å²) in [5, 5.41) is 11.9. The van der Waals surface area contributed by atoms with Gasteiger partial charge in [-0.3, -0.25) is 4.57 Å². The average molecular weight is 227 g/mol. The maximum atomic E-state index is 12.0. The predicted octanol–water partition coefficient (Wildman–Crippen LogP) is 2.06. The molecule has 0 spiro atoms. The Morgan fingerprint density at radius 1 is 1.47 bits per heavy atom. The smallest absolute Gasteiger partial charge is 0.229 e. The zero-order chi connectivity index (χ0) is 11.3. The Morgan fingerprint density at radius 3 is 2.53 bits per heavy atom. The molecule has 0 aliphatic rings. The van der Waals surface area contributed by atoms with E-state index in [1.165, 1.54) is 6.21 Å². The van der Waals surface area contributed by atoms with Gasteiger partial charge in [0, 0.05) is 12.0 Å². The molecule has 1 aromatic rings. The molecule has 0 saturated carbocycles. The molecule has 1 N–H and O–H groups in total. The van der Waals surface area contributed by atoms with Crippen LogP contribution in [0, 0.1) is 0 Å². The van der Waals surface area contributed by atoms with Gasteiger partial charge in [0.25, 0.3) is 0 Å². The third kappa shape index (κ3) is 3.18. The van der Waals surface area contributed by atoms with Crippen molar-refractivity contribution < 1.29 is 14.3 Å². The highest BCUT2D eigenvalue weighted by Gasteiger charge is 2.17. The van der Waals surface area contributed by atoms with E-state index in [2.05, 4.69) is 5.16 Å². The van der Waals surface area contributed by atoms with Crippen molar-refractivity contribution in [1.82, 2.24) is 0 Å². The van der Waals surface area contributed by atoms with E-state index in [0.29, 0.717) is 11.9 Å². The van der Waals surface area contributed by atoms with Crippen LogP contribution >= 0.6 is 7.37 Å². The third-order valence-electron chi connectivity index (χ3n) is 1.94. The van der Waals surface area contributed by atoms with Crippen LogP contribution in [0.4, 0.5) is 0 Å². The van der Waals surface area contributed by atoms with Crippen molar-refractivity contribution in [1.29, 1.82) is 0 Å². The summed E-state index contributed by atoms with van der Waals surface area (Å²) >= 11 is 0. The highest BCUT2D eigenvalue weighted by Crippen LogP contribution is 2.40. The lowest BCUT2D eigenvalue weighted by molar-refractivity contribution is 0.322. The van der Waals surface area contributed by atoms with Gasteiger partial charge in [-0.1, -0.05) is 17.3 Å². The van der Waals surface area contributed by atoms with Crippen molar-refractivity contribution in [3.05, 3.63) is 29.8 Å². The van der Waals surface area contributed by atoms with E-state index in [1.807, 2.05) is 6.92 Å². The molecule has 0 bridgehead atoms. The molecular weight excluding hydrogens is 213 g/mol. The minimum Gasteiger partial charge on any atom is -0.411 e. The lowest BCUT2D eigenvalue weighted by atomic mass is 10.2. The van der Waals surface area contributed by atoms with Crippen molar-refractivity contribution in [3.63, 3.8) is 0 Å². The van der Waals surface area contributed by atoms with Gasteiger partial charge in [-0.25, -0.2) is 0 Å². The second kappa shape index (κ2) is 5.10. The quantitative estimate of drug-likeness (QED) is 0.370. The summed E-state index contributed by atoms with van der Waals surface area (Å²) in [5.74, 6) is 0. The summed E-state index contributed by atoms with van der Waals surface area (Å²) in [6.45, 7) is 3.82. The number of rotatable bonds is 4. The van der Waals surface area contributed by atoms with Gasteiger partial charge in [0.15, 0.2) is 0 Å². The Hall–Kier alpha value is -1.12. The summed E-state index contributed by atoms with van der Waals surface area (Å²) in [6.07, 6.45) is 1.31. The summed E-state index contributed by atoms with van der Waals surface area (Å²) < 4.78 is 17.2. The molecule has 1 rings (SSSR count). The molecule has 0 heterocycles. The molecule has 0 fully saturated rings. The Bertz CT molecular complexity index is 386. The molecule has 4 nitrogen and oxygen atoms in total. The Morgan fingerprint density at radius 2 is 2.07 bits per heavy atom. The molecule has 1 atom stereocenters. The van der Waals surface area contributed by atoms with Crippen LogP contribution < -0.4 is 5.30 Å². The number of hydrogen-bond donors (Lipinski definition) is 1. The first-order valence-electron chi connectivity index (χ1n) is 4.60. The van der Waals surface area contributed by atoms with Crippen LogP contribution in [-0.2, 0) is 9.09 Å². The number of hydrogen-bond acceptors (Lipinski definition) is 4. The molecule has 5 heteroatoms. The van der Waals surface area contributed by atoms with Gasteiger partial charge in [0.05, 0.1) is 12.8 Å². The van der Waals surface area contributed by atoms with E-state index >= 15 is 0 Å². The van der Waals surface area contributed by atoms with Crippen LogP contribution in [0.5, 0.6) is 0 Å². The molecule has 1 unspecified atom stereocenters. The summed E-state index contributed by atoms with van der Waals surface area (Å²) in [4.78, 5) is 0. The Kier molecular flexibility index (Phi) is 4.06. The maximum Gasteiger partial charge on any atom is 0.229 e. The van der Waals surface area contributed by atoms with Gasteiger partial charge >= 0.3 is 0 Å². The standard InChI is InChI=1S/C10H14NO3P/c1-3-14-15(2,13)10-6-4-9(5-7-10)8-11-12/h4-8,12H,3H2,1-2H3. The van der Waals surface area contributed by atoms with Gasteiger partial charge in [-0.15, -0.1) is 0 Å². The molecule has 82 valence electrons. The van der Waals surface area contributed by atoms with E-state index in [0.717, 1.165) is 5.56 Å². The molecule has 0 aliphatic heterocycles.